The number of rotatable bonds is 4. The third kappa shape index (κ3) is 3.31. The Kier molecular flexibility index (Phi) is 4.31. The van der Waals surface area contributed by atoms with Gasteiger partial charge in [-0.05, 0) is 23.6 Å². The molecule has 0 atom stereocenters. The fraction of sp³-hybridized carbons (Fsp3) is 0.312. The van der Waals surface area contributed by atoms with E-state index in [0.29, 0.717) is 12.2 Å². The monoisotopic (exact) mass is 304 g/mol. The summed E-state index contributed by atoms with van der Waals surface area (Å²) < 4.78 is 13.8. The number of hydrogen-bond donors (Lipinski definition) is 0. The van der Waals surface area contributed by atoms with E-state index in [0.717, 1.165) is 31.1 Å². The zero-order chi connectivity index (χ0) is 14.7. The summed E-state index contributed by atoms with van der Waals surface area (Å²) in [5.74, 6) is -0.00930. The number of Topliss-reactive ketones (excluding diaryl/α,β-unsaturated/α-hetero) is 1. The van der Waals surface area contributed by atoms with Crippen LogP contribution in [-0.2, 0) is 0 Å². The molecule has 5 heteroatoms. The molecule has 0 bridgehead atoms. The quantitative estimate of drug-likeness (QED) is 0.812. The van der Waals surface area contributed by atoms with Crippen molar-refractivity contribution < 1.29 is 9.18 Å². The molecule has 110 valence electrons. The highest BCUT2D eigenvalue weighted by Gasteiger charge is 2.21. The normalized spacial score (nSPS) is 16.1. The van der Waals surface area contributed by atoms with E-state index in [2.05, 4.69) is 4.90 Å². The lowest BCUT2D eigenvalue weighted by Crippen LogP contribution is -2.48. The summed E-state index contributed by atoms with van der Waals surface area (Å²) in [6, 6.07) is 10.6. The molecule has 1 aromatic heterocycles. The first-order valence-electron chi connectivity index (χ1n) is 7.02. The highest BCUT2D eigenvalue weighted by molar-refractivity contribution is 7.12. The van der Waals surface area contributed by atoms with Crippen molar-refractivity contribution in [2.45, 2.75) is 0 Å². The van der Waals surface area contributed by atoms with Gasteiger partial charge in [0, 0.05) is 26.2 Å². The van der Waals surface area contributed by atoms with E-state index < -0.39 is 0 Å². The van der Waals surface area contributed by atoms with E-state index in [4.69, 9.17) is 0 Å². The number of nitrogens with zero attached hydrogens (tertiary/aromatic N) is 2. The average Bonchev–Trinajstić information content (AvgIpc) is 3.03. The topological polar surface area (TPSA) is 23.6 Å². The van der Waals surface area contributed by atoms with Crippen LogP contribution in [0.25, 0.3) is 0 Å². The van der Waals surface area contributed by atoms with Crippen LogP contribution in [0, 0.1) is 5.82 Å². The highest BCUT2D eigenvalue weighted by atomic mass is 32.1. The zero-order valence-corrected chi connectivity index (χ0v) is 12.5. The van der Waals surface area contributed by atoms with Crippen molar-refractivity contribution in [1.82, 2.24) is 4.90 Å². The predicted molar refractivity (Wildman–Crippen MR) is 83.7 cm³/mol. The molecule has 2 aromatic rings. The minimum Gasteiger partial charge on any atom is -0.367 e. The highest BCUT2D eigenvalue weighted by Crippen LogP contribution is 2.20. The molecule has 0 unspecified atom stereocenters. The predicted octanol–water partition coefficient (Wildman–Crippen LogP) is 2.89. The second-order valence-corrected chi connectivity index (χ2v) is 6.06. The molecule has 3 rings (SSSR count). The largest absolute Gasteiger partial charge is 0.367 e. The first kappa shape index (κ1) is 14.2. The van der Waals surface area contributed by atoms with Gasteiger partial charge in [-0.2, -0.15) is 0 Å². The maximum absolute atomic E-state index is 13.8. The summed E-state index contributed by atoms with van der Waals surface area (Å²) in [4.78, 5) is 17.1. The molecule has 0 spiro atoms. The second kappa shape index (κ2) is 6.37. The molecular formula is C16H17FN2OS. The van der Waals surface area contributed by atoms with E-state index in [1.807, 2.05) is 34.5 Å². The molecule has 1 fully saturated rings. The molecule has 1 aliphatic rings. The van der Waals surface area contributed by atoms with Gasteiger partial charge in [0.25, 0.3) is 0 Å². The number of para-hydroxylation sites is 1. The van der Waals surface area contributed by atoms with Crippen LogP contribution in [0.3, 0.4) is 0 Å². The molecule has 0 amide bonds. The van der Waals surface area contributed by atoms with Crippen LogP contribution in [0.2, 0.25) is 0 Å². The number of thiophene rings is 1. The van der Waals surface area contributed by atoms with Gasteiger partial charge in [-0.3, -0.25) is 9.69 Å². The fourth-order valence-electron chi connectivity index (χ4n) is 2.57. The third-order valence-corrected chi connectivity index (χ3v) is 4.64. The number of carbonyl (C=O) groups is 1. The molecule has 3 nitrogen and oxygen atoms in total. The average molecular weight is 304 g/mol. The van der Waals surface area contributed by atoms with Crippen LogP contribution in [0.4, 0.5) is 10.1 Å². The Morgan fingerprint density at radius 3 is 2.52 bits per heavy atom. The van der Waals surface area contributed by atoms with Crippen molar-refractivity contribution in [2.24, 2.45) is 0 Å². The molecule has 0 radical (unpaired) electrons. The minimum atomic E-state index is -0.180. The second-order valence-electron chi connectivity index (χ2n) is 5.12. The van der Waals surface area contributed by atoms with Gasteiger partial charge in [-0.15, -0.1) is 11.3 Å². The van der Waals surface area contributed by atoms with Crippen LogP contribution in [0.1, 0.15) is 9.67 Å². The standard InChI is InChI=1S/C16H17FN2OS/c17-13-4-1-2-5-14(13)19-9-7-18(8-10-19)12-15(20)16-6-3-11-21-16/h1-6,11H,7-10,12H2. The van der Waals surface area contributed by atoms with Crippen LogP contribution in [0.5, 0.6) is 0 Å². The van der Waals surface area contributed by atoms with Crippen molar-refractivity contribution in [2.75, 3.05) is 37.6 Å². The van der Waals surface area contributed by atoms with E-state index in [9.17, 15) is 9.18 Å². The van der Waals surface area contributed by atoms with Crippen molar-refractivity contribution in [3.8, 4) is 0 Å². The van der Waals surface area contributed by atoms with Gasteiger partial charge in [0.2, 0.25) is 0 Å². The van der Waals surface area contributed by atoms with E-state index in [1.165, 1.54) is 17.4 Å². The smallest absolute Gasteiger partial charge is 0.186 e. The summed E-state index contributed by atoms with van der Waals surface area (Å²) in [5, 5.41) is 1.92. The molecule has 0 saturated carbocycles. The van der Waals surface area contributed by atoms with Crippen LogP contribution in [0.15, 0.2) is 41.8 Å². The summed E-state index contributed by atoms with van der Waals surface area (Å²) in [5.41, 5.74) is 0.654. The summed E-state index contributed by atoms with van der Waals surface area (Å²) in [6.45, 7) is 3.51. The van der Waals surface area contributed by atoms with Gasteiger partial charge >= 0.3 is 0 Å². The minimum absolute atomic E-state index is 0.171. The van der Waals surface area contributed by atoms with Crippen LogP contribution >= 0.6 is 11.3 Å². The Labute approximate surface area is 127 Å². The summed E-state index contributed by atoms with van der Waals surface area (Å²) >= 11 is 1.48. The van der Waals surface area contributed by atoms with E-state index in [1.54, 1.807) is 6.07 Å². The lowest BCUT2D eigenvalue weighted by atomic mass is 10.2. The third-order valence-electron chi connectivity index (χ3n) is 3.73. The molecule has 1 aliphatic heterocycles. The van der Waals surface area contributed by atoms with Gasteiger partial charge < -0.3 is 4.90 Å². The maximum atomic E-state index is 13.8. The number of anilines is 1. The molecule has 2 heterocycles. The van der Waals surface area contributed by atoms with Gasteiger partial charge in [-0.1, -0.05) is 18.2 Å². The number of hydrogen-bond acceptors (Lipinski definition) is 4. The van der Waals surface area contributed by atoms with Gasteiger partial charge in [0.1, 0.15) is 5.82 Å². The number of halogens is 1. The number of piperazine rings is 1. The van der Waals surface area contributed by atoms with E-state index >= 15 is 0 Å². The lowest BCUT2D eigenvalue weighted by Gasteiger charge is -2.35. The summed E-state index contributed by atoms with van der Waals surface area (Å²) in [6.07, 6.45) is 0. The van der Waals surface area contributed by atoms with Crippen molar-refractivity contribution >= 4 is 22.8 Å². The molecule has 1 aromatic carbocycles. The summed E-state index contributed by atoms with van der Waals surface area (Å²) in [7, 11) is 0. The first-order chi connectivity index (χ1) is 10.2. The van der Waals surface area contributed by atoms with Crippen LogP contribution < -0.4 is 4.90 Å². The van der Waals surface area contributed by atoms with Crippen LogP contribution in [-0.4, -0.2) is 43.4 Å². The molecule has 1 saturated heterocycles. The molecule has 0 N–H and O–H groups in total. The number of benzene rings is 1. The SMILES string of the molecule is O=C(CN1CCN(c2ccccc2F)CC1)c1cccs1. The van der Waals surface area contributed by atoms with Gasteiger partial charge in [0.05, 0.1) is 17.1 Å². The Morgan fingerprint density at radius 1 is 1.10 bits per heavy atom. The Hall–Kier alpha value is -1.72. The number of carbonyl (C=O) groups excluding carboxylic acids is 1. The lowest BCUT2D eigenvalue weighted by molar-refractivity contribution is 0.0930. The number of ketones is 1. The van der Waals surface area contributed by atoms with Crippen molar-refractivity contribution in [3.05, 3.63) is 52.5 Å². The van der Waals surface area contributed by atoms with Crippen molar-refractivity contribution in [1.29, 1.82) is 0 Å². The van der Waals surface area contributed by atoms with Gasteiger partial charge in [-0.25, -0.2) is 4.39 Å². The zero-order valence-electron chi connectivity index (χ0n) is 11.7. The van der Waals surface area contributed by atoms with Gasteiger partial charge in [0.15, 0.2) is 5.78 Å². The molecule has 21 heavy (non-hydrogen) atoms. The maximum Gasteiger partial charge on any atom is 0.186 e. The molecular weight excluding hydrogens is 287 g/mol. The Balaban J connectivity index is 1.56. The van der Waals surface area contributed by atoms with Crippen molar-refractivity contribution in [3.63, 3.8) is 0 Å². The molecule has 0 aliphatic carbocycles. The first-order valence-corrected chi connectivity index (χ1v) is 7.90. The van der Waals surface area contributed by atoms with E-state index in [-0.39, 0.29) is 11.6 Å². The fourth-order valence-corrected chi connectivity index (χ4v) is 3.23. The Bertz CT molecular complexity index is 606. The Morgan fingerprint density at radius 2 is 1.86 bits per heavy atom.